The van der Waals surface area contributed by atoms with Gasteiger partial charge in [-0.3, -0.25) is 0 Å². The van der Waals surface area contributed by atoms with Crippen molar-refractivity contribution in [2.24, 2.45) is 0 Å². The Morgan fingerprint density at radius 2 is 2.16 bits per heavy atom. The summed E-state index contributed by atoms with van der Waals surface area (Å²) in [4.78, 5) is 4.23. The van der Waals surface area contributed by atoms with Gasteiger partial charge in [-0.15, -0.1) is 11.3 Å². The molecule has 0 spiro atoms. The average Bonchev–Trinajstić information content (AvgIpc) is 2.88. The fourth-order valence-electron chi connectivity index (χ4n) is 2.04. The summed E-state index contributed by atoms with van der Waals surface area (Å²) in [5, 5.41) is 6.21. The molecule has 0 aliphatic rings. The molecule has 2 aromatic rings. The van der Waals surface area contributed by atoms with Crippen molar-refractivity contribution >= 4 is 11.3 Å². The normalized spacial score (nSPS) is 12.6. The minimum atomic E-state index is -0.790. The van der Waals surface area contributed by atoms with Gasteiger partial charge in [0, 0.05) is 24.0 Å². The van der Waals surface area contributed by atoms with Crippen molar-refractivity contribution in [1.82, 2.24) is 10.3 Å². The van der Waals surface area contributed by atoms with Crippen LogP contribution in [0, 0.1) is 11.6 Å². The van der Waals surface area contributed by atoms with Gasteiger partial charge in [-0.25, -0.2) is 13.8 Å². The number of aromatic nitrogens is 1. The average molecular weight is 282 g/mol. The number of benzene rings is 1. The van der Waals surface area contributed by atoms with Crippen molar-refractivity contribution in [2.45, 2.75) is 25.8 Å². The number of hydrogen-bond acceptors (Lipinski definition) is 3. The van der Waals surface area contributed by atoms with E-state index in [1.807, 2.05) is 12.3 Å². The van der Waals surface area contributed by atoms with E-state index in [1.54, 1.807) is 29.7 Å². The second kappa shape index (κ2) is 6.73. The number of likely N-dealkylation sites (N-methyl/N-ethyl adjacent to an activating group) is 1. The maximum absolute atomic E-state index is 13.7. The Balaban J connectivity index is 2.09. The van der Waals surface area contributed by atoms with Gasteiger partial charge >= 0.3 is 0 Å². The summed E-state index contributed by atoms with van der Waals surface area (Å²) in [5.74, 6) is -1.54. The summed E-state index contributed by atoms with van der Waals surface area (Å²) < 4.78 is 26.9. The number of nitrogens with zero attached hydrogens (tertiary/aromatic N) is 1. The van der Waals surface area contributed by atoms with E-state index in [0.29, 0.717) is 12.0 Å². The Morgan fingerprint density at radius 1 is 1.32 bits per heavy atom. The molecule has 1 aromatic heterocycles. The minimum absolute atomic E-state index is 0.0625. The number of halogens is 2. The van der Waals surface area contributed by atoms with Gasteiger partial charge in [0.05, 0.1) is 5.01 Å². The zero-order valence-corrected chi connectivity index (χ0v) is 11.5. The standard InChI is InChI=1S/C14H16F2N2S/c1-2-17-11(9-13-18-6-7-19-13)8-10-4-3-5-12(15)14(10)16/h3-7,11,17H,2,8-9H2,1H3. The zero-order chi connectivity index (χ0) is 13.7. The van der Waals surface area contributed by atoms with Crippen LogP contribution in [0.2, 0.25) is 0 Å². The molecule has 5 heteroatoms. The van der Waals surface area contributed by atoms with Gasteiger partial charge in [-0.05, 0) is 24.6 Å². The highest BCUT2D eigenvalue weighted by molar-refractivity contribution is 7.09. The van der Waals surface area contributed by atoms with Crippen molar-refractivity contribution in [2.75, 3.05) is 6.54 Å². The lowest BCUT2D eigenvalue weighted by Crippen LogP contribution is -2.33. The van der Waals surface area contributed by atoms with Crippen LogP contribution in [0.1, 0.15) is 17.5 Å². The number of hydrogen-bond donors (Lipinski definition) is 1. The minimum Gasteiger partial charge on any atom is -0.314 e. The third-order valence-electron chi connectivity index (χ3n) is 2.90. The van der Waals surface area contributed by atoms with Crippen molar-refractivity contribution in [3.8, 4) is 0 Å². The first-order valence-electron chi connectivity index (χ1n) is 6.25. The van der Waals surface area contributed by atoms with E-state index in [0.717, 1.165) is 24.0 Å². The molecular formula is C14H16F2N2S. The van der Waals surface area contributed by atoms with Crippen LogP contribution in [0.4, 0.5) is 8.78 Å². The van der Waals surface area contributed by atoms with Gasteiger partial charge in [0.1, 0.15) is 0 Å². The summed E-state index contributed by atoms with van der Waals surface area (Å²) in [6.07, 6.45) is 2.93. The predicted octanol–water partition coefficient (Wildman–Crippen LogP) is 3.18. The van der Waals surface area contributed by atoms with Gasteiger partial charge in [0.25, 0.3) is 0 Å². The van der Waals surface area contributed by atoms with E-state index >= 15 is 0 Å². The molecule has 0 radical (unpaired) electrons. The Bertz CT molecular complexity index is 514. The Morgan fingerprint density at radius 3 is 2.84 bits per heavy atom. The molecule has 2 rings (SSSR count). The van der Waals surface area contributed by atoms with Gasteiger partial charge in [-0.1, -0.05) is 19.1 Å². The first-order valence-corrected chi connectivity index (χ1v) is 7.13. The van der Waals surface area contributed by atoms with E-state index < -0.39 is 11.6 Å². The van der Waals surface area contributed by atoms with Crippen LogP contribution in [0.5, 0.6) is 0 Å². The topological polar surface area (TPSA) is 24.9 Å². The summed E-state index contributed by atoms with van der Waals surface area (Å²) >= 11 is 1.58. The van der Waals surface area contributed by atoms with Crippen LogP contribution in [0.15, 0.2) is 29.8 Å². The Hall–Kier alpha value is -1.33. The molecule has 0 fully saturated rings. The van der Waals surface area contributed by atoms with Gasteiger partial charge < -0.3 is 5.32 Å². The number of thiazole rings is 1. The maximum atomic E-state index is 13.7. The van der Waals surface area contributed by atoms with Crippen molar-refractivity contribution in [1.29, 1.82) is 0 Å². The maximum Gasteiger partial charge on any atom is 0.162 e. The van der Waals surface area contributed by atoms with E-state index in [-0.39, 0.29) is 6.04 Å². The molecule has 1 unspecified atom stereocenters. The van der Waals surface area contributed by atoms with E-state index in [4.69, 9.17) is 0 Å². The molecule has 1 N–H and O–H groups in total. The lowest BCUT2D eigenvalue weighted by Gasteiger charge is -2.17. The lowest BCUT2D eigenvalue weighted by molar-refractivity contribution is 0.473. The monoisotopic (exact) mass is 282 g/mol. The van der Waals surface area contributed by atoms with E-state index in [9.17, 15) is 8.78 Å². The molecule has 1 heterocycles. The number of nitrogens with one attached hydrogen (secondary N) is 1. The van der Waals surface area contributed by atoms with Crippen LogP contribution in [0.3, 0.4) is 0 Å². The fraction of sp³-hybridized carbons (Fsp3) is 0.357. The molecule has 0 saturated carbocycles. The van der Waals surface area contributed by atoms with Gasteiger partial charge in [0.15, 0.2) is 11.6 Å². The summed E-state index contributed by atoms with van der Waals surface area (Å²) in [5.41, 5.74) is 0.405. The zero-order valence-electron chi connectivity index (χ0n) is 10.7. The molecular weight excluding hydrogens is 266 g/mol. The third kappa shape index (κ3) is 3.81. The van der Waals surface area contributed by atoms with Crippen molar-refractivity contribution in [3.63, 3.8) is 0 Å². The lowest BCUT2D eigenvalue weighted by atomic mass is 10.0. The highest BCUT2D eigenvalue weighted by Crippen LogP contribution is 2.16. The Kier molecular flexibility index (Phi) is 4.99. The molecule has 2 nitrogen and oxygen atoms in total. The van der Waals surface area contributed by atoms with E-state index in [1.165, 1.54) is 0 Å². The smallest absolute Gasteiger partial charge is 0.162 e. The molecule has 19 heavy (non-hydrogen) atoms. The molecule has 0 saturated heterocycles. The summed E-state index contributed by atoms with van der Waals surface area (Å²) in [7, 11) is 0. The van der Waals surface area contributed by atoms with Crippen molar-refractivity contribution < 1.29 is 8.78 Å². The van der Waals surface area contributed by atoms with Gasteiger partial charge in [-0.2, -0.15) is 0 Å². The predicted molar refractivity (Wildman–Crippen MR) is 73.3 cm³/mol. The highest BCUT2D eigenvalue weighted by atomic mass is 32.1. The Labute approximate surface area is 115 Å². The first kappa shape index (κ1) is 14.1. The van der Waals surface area contributed by atoms with Crippen LogP contribution < -0.4 is 5.32 Å². The third-order valence-corrected chi connectivity index (χ3v) is 3.70. The molecule has 1 aromatic carbocycles. The van der Waals surface area contributed by atoms with Crippen LogP contribution >= 0.6 is 11.3 Å². The second-order valence-electron chi connectivity index (χ2n) is 4.30. The largest absolute Gasteiger partial charge is 0.314 e. The fourth-order valence-corrected chi connectivity index (χ4v) is 2.74. The highest BCUT2D eigenvalue weighted by Gasteiger charge is 2.15. The molecule has 0 amide bonds. The first-order chi connectivity index (χ1) is 9.20. The molecule has 1 atom stereocenters. The van der Waals surface area contributed by atoms with Crippen LogP contribution in [0.25, 0.3) is 0 Å². The summed E-state index contributed by atoms with van der Waals surface area (Å²) in [6, 6.07) is 4.37. The molecule has 0 aliphatic carbocycles. The van der Waals surface area contributed by atoms with Crippen molar-refractivity contribution in [3.05, 3.63) is 52.0 Å². The quantitative estimate of drug-likeness (QED) is 0.880. The van der Waals surface area contributed by atoms with Crippen LogP contribution in [-0.2, 0) is 12.8 Å². The molecule has 0 aliphatic heterocycles. The molecule has 102 valence electrons. The SMILES string of the molecule is CCNC(Cc1nccs1)Cc1cccc(F)c1F. The number of rotatable bonds is 6. The van der Waals surface area contributed by atoms with Gasteiger partial charge in [0.2, 0.25) is 0 Å². The van der Waals surface area contributed by atoms with E-state index in [2.05, 4.69) is 10.3 Å². The summed E-state index contributed by atoms with van der Waals surface area (Å²) in [6.45, 7) is 2.78. The second-order valence-corrected chi connectivity index (χ2v) is 5.28. The molecule has 0 bridgehead atoms. The van der Waals surface area contributed by atoms with Crippen LogP contribution in [-0.4, -0.2) is 17.6 Å².